The van der Waals surface area contributed by atoms with Crippen LogP contribution in [0.25, 0.3) is 0 Å². The van der Waals surface area contributed by atoms with E-state index in [1.807, 2.05) is 37.1 Å². The maximum absolute atomic E-state index is 12.7. The molecule has 1 saturated carbocycles. The summed E-state index contributed by atoms with van der Waals surface area (Å²) >= 11 is 0. The number of anilines is 1. The molecule has 2 aliphatic rings. The van der Waals surface area contributed by atoms with Crippen molar-refractivity contribution in [3.05, 3.63) is 29.3 Å². The monoisotopic (exact) mass is 287 g/mol. The Balaban J connectivity index is 1.63. The molecule has 4 nitrogen and oxygen atoms in total. The summed E-state index contributed by atoms with van der Waals surface area (Å²) in [6.07, 6.45) is 2.79. The molecule has 1 aliphatic heterocycles. The van der Waals surface area contributed by atoms with Crippen LogP contribution in [0, 0.1) is 12.8 Å². The van der Waals surface area contributed by atoms with E-state index in [0.717, 1.165) is 43.3 Å². The van der Waals surface area contributed by atoms with Crippen molar-refractivity contribution in [2.45, 2.75) is 19.8 Å². The lowest BCUT2D eigenvalue weighted by molar-refractivity contribution is 0.0633. The van der Waals surface area contributed by atoms with E-state index in [0.29, 0.717) is 0 Å². The fourth-order valence-electron chi connectivity index (χ4n) is 3.02. The van der Waals surface area contributed by atoms with Crippen molar-refractivity contribution in [1.29, 1.82) is 0 Å². The molecule has 3 rings (SSSR count). The van der Waals surface area contributed by atoms with Crippen molar-refractivity contribution < 1.29 is 4.79 Å². The van der Waals surface area contributed by atoms with Crippen molar-refractivity contribution in [3.8, 4) is 0 Å². The Morgan fingerprint density at radius 1 is 1.24 bits per heavy atom. The Labute approximate surface area is 127 Å². The van der Waals surface area contributed by atoms with E-state index in [2.05, 4.69) is 10.2 Å². The standard InChI is InChI=1S/C17H25N3O/c1-13-3-6-15(16(11-13)18-2)17(21)20-9-7-19(8-10-20)12-14-4-5-14/h3,6,11,14,18H,4-5,7-10,12H2,1-2H3. The van der Waals surface area contributed by atoms with Crippen LogP contribution in [0.3, 0.4) is 0 Å². The molecule has 2 fully saturated rings. The van der Waals surface area contributed by atoms with Gasteiger partial charge in [0.2, 0.25) is 0 Å². The zero-order valence-corrected chi connectivity index (χ0v) is 13.1. The molecule has 0 aromatic heterocycles. The number of rotatable bonds is 4. The third-order valence-electron chi connectivity index (χ3n) is 4.55. The molecule has 1 aromatic carbocycles. The molecule has 21 heavy (non-hydrogen) atoms. The lowest BCUT2D eigenvalue weighted by Gasteiger charge is -2.35. The minimum absolute atomic E-state index is 0.158. The fraction of sp³-hybridized carbons (Fsp3) is 0.588. The number of nitrogens with one attached hydrogen (secondary N) is 1. The van der Waals surface area contributed by atoms with E-state index in [-0.39, 0.29) is 5.91 Å². The summed E-state index contributed by atoms with van der Waals surface area (Å²) in [6, 6.07) is 5.99. The second-order valence-corrected chi connectivity index (χ2v) is 6.34. The van der Waals surface area contributed by atoms with Gasteiger partial charge < -0.3 is 10.2 Å². The topological polar surface area (TPSA) is 35.6 Å². The highest BCUT2D eigenvalue weighted by Crippen LogP contribution is 2.30. The van der Waals surface area contributed by atoms with Crippen molar-refractivity contribution in [3.63, 3.8) is 0 Å². The summed E-state index contributed by atoms with van der Waals surface area (Å²) < 4.78 is 0. The van der Waals surface area contributed by atoms with Crippen LogP contribution >= 0.6 is 0 Å². The Morgan fingerprint density at radius 2 is 1.95 bits per heavy atom. The van der Waals surface area contributed by atoms with Gasteiger partial charge in [0.15, 0.2) is 0 Å². The normalized spacial score (nSPS) is 19.6. The zero-order valence-electron chi connectivity index (χ0n) is 13.1. The van der Waals surface area contributed by atoms with Crippen molar-refractivity contribution in [2.24, 2.45) is 5.92 Å². The number of hydrogen-bond donors (Lipinski definition) is 1. The van der Waals surface area contributed by atoms with Gasteiger partial charge in [-0.2, -0.15) is 0 Å². The zero-order chi connectivity index (χ0) is 14.8. The van der Waals surface area contributed by atoms with Gasteiger partial charge in [0, 0.05) is 45.5 Å². The first-order chi connectivity index (χ1) is 10.2. The van der Waals surface area contributed by atoms with Crippen LogP contribution in [0.5, 0.6) is 0 Å². The first-order valence-electron chi connectivity index (χ1n) is 7.97. The van der Waals surface area contributed by atoms with E-state index < -0.39 is 0 Å². The molecule has 1 saturated heterocycles. The molecule has 0 radical (unpaired) electrons. The SMILES string of the molecule is CNc1cc(C)ccc1C(=O)N1CCN(CC2CC2)CC1. The van der Waals surface area contributed by atoms with Gasteiger partial charge >= 0.3 is 0 Å². The first kappa shape index (κ1) is 14.4. The Kier molecular flexibility index (Phi) is 4.15. The van der Waals surface area contributed by atoms with Crippen molar-refractivity contribution in [2.75, 3.05) is 45.1 Å². The smallest absolute Gasteiger partial charge is 0.256 e. The highest BCUT2D eigenvalue weighted by Gasteiger charge is 2.28. The molecule has 114 valence electrons. The van der Waals surface area contributed by atoms with Gasteiger partial charge in [0.05, 0.1) is 5.56 Å². The number of carbonyl (C=O) groups excluding carboxylic acids is 1. The number of nitrogens with zero attached hydrogens (tertiary/aromatic N) is 2. The molecule has 1 amide bonds. The summed E-state index contributed by atoms with van der Waals surface area (Å²) in [5, 5.41) is 3.14. The summed E-state index contributed by atoms with van der Waals surface area (Å²) in [4.78, 5) is 17.2. The summed E-state index contributed by atoms with van der Waals surface area (Å²) in [7, 11) is 1.87. The van der Waals surface area contributed by atoms with Crippen LogP contribution in [-0.4, -0.2) is 55.5 Å². The number of benzene rings is 1. The number of aryl methyl sites for hydroxylation is 1. The molecular formula is C17H25N3O. The maximum atomic E-state index is 12.7. The molecule has 0 unspecified atom stereocenters. The lowest BCUT2D eigenvalue weighted by atomic mass is 10.1. The second kappa shape index (κ2) is 6.06. The molecule has 0 atom stereocenters. The third kappa shape index (κ3) is 3.38. The first-order valence-corrected chi connectivity index (χ1v) is 7.97. The average molecular weight is 287 g/mol. The number of amides is 1. The van der Waals surface area contributed by atoms with Gasteiger partial charge in [0.25, 0.3) is 5.91 Å². The van der Waals surface area contributed by atoms with E-state index in [9.17, 15) is 4.79 Å². The van der Waals surface area contributed by atoms with Gasteiger partial charge in [-0.1, -0.05) is 6.07 Å². The molecule has 4 heteroatoms. The van der Waals surface area contributed by atoms with Crippen LogP contribution in [0.4, 0.5) is 5.69 Å². The van der Waals surface area contributed by atoms with Crippen molar-refractivity contribution in [1.82, 2.24) is 9.80 Å². The third-order valence-corrected chi connectivity index (χ3v) is 4.55. The molecule has 0 bridgehead atoms. The van der Waals surface area contributed by atoms with Gasteiger partial charge in [0.1, 0.15) is 0 Å². The van der Waals surface area contributed by atoms with Crippen molar-refractivity contribution >= 4 is 11.6 Å². The highest BCUT2D eigenvalue weighted by atomic mass is 16.2. The van der Waals surface area contributed by atoms with E-state index >= 15 is 0 Å². The maximum Gasteiger partial charge on any atom is 0.256 e. The highest BCUT2D eigenvalue weighted by molar-refractivity contribution is 5.99. The Hall–Kier alpha value is -1.55. The van der Waals surface area contributed by atoms with Crippen LogP contribution in [0.2, 0.25) is 0 Å². The second-order valence-electron chi connectivity index (χ2n) is 6.34. The summed E-state index contributed by atoms with van der Waals surface area (Å²) in [5.74, 6) is 1.09. The predicted molar refractivity (Wildman–Crippen MR) is 85.8 cm³/mol. The Morgan fingerprint density at radius 3 is 2.57 bits per heavy atom. The van der Waals surface area contributed by atoms with E-state index in [1.165, 1.54) is 24.9 Å². The van der Waals surface area contributed by atoms with Gasteiger partial charge in [-0.3, -0.25) is 9.69 Å². The van der Waals surface area contributed by atoms with E-state index in [4.69, 9.17) is 0 Å². The summed E-state index contributed by atoms with van der Waals surface area (Å²) in [6.45, 7) is 7.01. The fourth-order valence-corrected chi connectivity index (χ4v) is 3.02. The van der Waals surface area contributed by atoms with Crippen LogP contribution in [0.15, 0.2) is 18.2 Å². The lowest BCUT2D eigenvalue weighted by Crippen LogP contribution is -2.49. The minimum atomic E-state index is 0.158. The average Bonchev–Trinajstić information content (AvgIpc) is 3.31. The van der Waals surface area contributed by atoms with Gasteiger partial charge in [-0.25, -0.2) is 0 Å². The number of piperazine rings is 1. The summed E-state index contributed by atoms with van der Waals surface area (Å²) in [5.41, 5.74) is 2.89. The minimum Gasteiger partial charge on any atom is -0.387 e. The van der Waals surface area contributed by atoms with Gasteiger partial charge in [-0.15, -0.1) is 0 Å². The Bertz CT molecular complexity index is 517. The molecule has 1 aromatic rings. The van der Waals surface area contributed by atoms with Gasteiger partial charge in [-0.05, 0) is 43.4 Å². The molecule has 0 spiro atoms. The number of carbonyl (C=O) groups is 1. The molecule has 1 aliphatic carbocycles. The quantitative estimate of drug-likeness (QED) is 0.922. The van der Waals surface area contributed by atoms with Crippen LogP contribution in [0.1, 0.15) is 28.8 Å². The van der Waals surface area contributed by atoms with Crippen LogP contribution in [-0.2, 0) is 0 Å². The van der Waals surface area contributed by atoms with Crippen LogP contribution < -0.4 is 5.32 Å². The largest absolute Gasteiger partial charge is 0.387 e. The molecule has 1 N–H and O–H groups in total. The van der Waals surface area contributed by atoms with E-state index in [1.54, 1.807) is 0 Å². The number of hydrogen-bond acceptors (Lipinski definition) is 3. The predicted octanol–water partition coefficient (Wildman–Crippen LogP) is 2.20. The molecule has 1 heterocycles. The molecular weight excluding hydrogens is 262 g/mol.